The molecule has 7 heteroatoms. The van der Waals surface area contributed by atoms with Crippen molar-refractivity contribution < 1.29 is 17.9 Å². The molecule has 0 atom stereocenters. The first-order valence-corrected chi connectivity index (χ1v) is 10.2. The lowest BCUT2D eigenvalue weighted by Crippen LogP contribution is -2.39. The monoisotopic (exact) mass is 376 g/mol. The fourth-order valence-corrected chi connectivity index (χ4v) is 3.10. The van der Waals surface area contributed by atoms with Crippen LogP contribution in [0.3, 0.4) is 0 Å². The zero-order chi connectivity index (χ0) is 19.0. The highest BCUT2D eigenvalue weighted by Crippen LogP contribution is 2.12. The molecule has 0 aliphatic carbocycles. The predicted molar refractivity (Wildman–Crippen MR) is 101 cm³/mol. The summed E-state index contributed by atoms with van der Waals surface area (Å²) >= 11 is 0. The van der Waals surface area contributed by atoms with Crippen LogP contribution in [0.25, 0.3) is 0 Å². The van der Waals surface area contributed by atoms with Gasteiger partial charge in [-0.15, -0.1) is 0 Å². The van der Waals surface area contributed by atoms with E-state index in [4.69, 9.17) is 4.74 Å². The second kappa shape index (κ2) is 9.35. The summed E-state index contributed by atoms with van der Waals surface area (Å²) in [5.41, 5.74) is 1.74. The van der Waals surface area contributed by atoms with E-state index in [1.165, 1.54) is 0 Å². The first-order chi connectivity index (χ1) is 12.4. The number of hydrogen-bond donors (Lipinski definition) is 1. The fourth-order valence-electron chi connectivity index (χ4n) is 2.36. The summed E-state index contributed by atoms with van der Waals surface area (Å²) in [5, 5.41) is 2.75. The topological polar surface area (TPSA) is 75.7 Å². The van der Waals surface area contributed by atoms with Gasteiger partial charge in [0.1, 0.15) is 5.75 Å². The van der Waals surface area contributed by atoms with Gasteiger partial charge in [0.2, 0.25) is 15.9 Å². The minimum Gasteiger partial charge on any atom is -0.494 e. The third kappa shape index (κ3) is 6.50. The molecule has 0 saturated carbocycles. The summed E-state index contributed by atoms with van der Waals surface area (Å²) in [6.45, 7) is 2.78. The standard InChI is InChI=1S/C19H24N2O4S/c1-3-25-18-11-9-16(10-12-18)13-20-19(22)15-21(26(2,23)24)14-17-7-5-4-6-8-17/h4-12H,3,13-15H2,1-2H3,(H,20,22). The molecule has 0 spiro atoms. The Balaban J connectivity index is 1.92. The van der Waals surface area contributed by atoms with Gasteiger partial charge >= 0.3 is 0 Å². The van der Waals surface area contributed by atoms with Crippen molar-refractivity contribution in [3.8, 4) is 5.75 Å². The van der Waals surface area contributed by atoms with E-state index in [1.54, 1.807) is 0 Å². The zero-order valence-corrected chi connectivity index (χ0v) is 15.8. The van der Waals surface area contributed by atoms with Crippen molar-refractivity contribution >= 4 is 15.9 Å². The minimum absolute atomic E-state index is 0.163. The Bertz CT molecular complexity index is 805. The van der Waals surface area contributed by atoms with Crippen molar-refractivity contribution in [2.24, 2.45) is 0 Å². The number of sulfonamides is 1. The number of nitrogens with zero attached hydrogens (tertiary/aromatic N) is 1. The number of carbonyl (C=O) groups is 1. The van der Waals surface area contributed by atoms with E-state index in [0.717, 1.165) is 27.4 Å². The smallest absolute Gasteiger partial charge is 0.235 e. The molecule has 1 amide bonds. The summed E-state index contributed by atoms with van der Waals surface area (Å²) in [7, 11) is -3.50. The molecule has 0 bridgehead atoms. The molecule has 6 nitrogen and oxygen atoms in total. The normalized spacial score (nSPS) is 11.3. The van der Waals surface area contributed by atoms with E-state index < -0.39 is 10.0 Å². The van der Waals surface area contributed by atoms with Gasteiger partial charge in [0, 0.05) is 13.1 Å². The minimum atomic E-state index is -3.50. The zero-order valence-electron chi connectivity index (χ0n) is 15.0. The fraction of sp³-hybridized carbons (Fsp3) is 0.316. The van der Waals surface area contributed by atoms with Crippen molar-refractivity contribution in [2.45, 2.75) is 20.0 Å². The summed E-state index contributed by atoms with van der Waals surface area (Å²) in [5.74, 6) is 0.425. The van der Waals surface area contributed by atoms with E-state index in [9.17, 15) is 13.2 Å². The molecule has 0 fully saturated rings. The lowest BCUT2D eigenvalue weighted by Gasteiger charge is -2.19. The van der Waals surface area contributed by atoms with E-state index in [0.29, 0.717) is 13.2 Å². The SMILES string of the molecule is CCOc1ccc(CNC(=O)CN(Cc2ccccc2)S(C)(=O)=O)cc1. The predicted octanol–water partition coefficient (Wildman–Crippen LogP) is 2.16. The molecule has 140 valence electrons. The van der Waals surface area contributed by atoms with Gasteiger partial charge in [0.05, 0.1) is 19.4 Å². The molecule has 2 aromatic rings. The average molecular weight is 376 g/mol. The van der Waals surface area contributed by atoms with Crippen molar-refractivity contribution in [1.29, 1.82) is 0 Å². The van der Waals surface area contributed by atoms with Crippen LogP contribution in [0.1, 0.15) is 18.1 Å². The van der Waals surface area contributed by atoms with Crippen LogP contribution in [0.2, 0.25) is 0 Å². The third-order valence-electron chi connectivity index (χ3n) is 3.71. The van der Waals surface area contributed by atoms with Gasteiger partial charge in [-0.1, -0.05) is 42.5 Å². The maximum absolute atomic E-state index is 12.2. The summed E-state index contributed by atoms with van der Waals surface area (Å²) < 4.78 is 30.5. The summed E-state index contributed by atoms with van der Waals surface area (Å²) in [6.07, 6.45) is 1.11. The number of benzene rings is 2. The molecule has 26 heavy (non-hydrogen) atoms. The Hall–Kier alpha value is -2.38. The Morgan fingerprint density at radius 1 is 1.04 bits per heavy atom. The van der Waals surface area contributed by atoms with E-state index in [1.807, 2.05) is 61.5 Å². The number of amides is 1. The van der Waals surface area contributed by atoms with Gasteiger partial charge in [-0.3, -0.25) is 4.79 Å². The van der Waals surface area contributed by atoms with Crippen LogP contribution in [-0.4, -0.2) is 38.0 Å². The molecule has 0 heterocycles. The summed E-state index contributed by atoms with van der Waals surface area (Å²) in [6, 6.07) is 16.6. The van der Waals surface area contributed by atoms with E-state index >= 15 is 0 Å². The lowest BCUT2D eigenvalue weighted by molar-refractivity contribution is -0.121. The third-order valence-corrected chi connectivity index (χ3v) is 4.91. The maximum Gasteiger partial charge on any atom is 0.235 e. The second-order valence-corrected chi connectivity index (χ2v) is 7.85. The van der Waals surface area contributed by atoms with Crippen LogP contribution in [0.15, 0.2) is 54.6 Å². The van der Waals surface area contributed by atoms with Gasteiger partial charge in [-0.25, -0.2) is 8.42 Å². The van der Waals surface area contributed by atoms with Gasteiger partial charge in [-0.05, 0) is 30.2 Å². The molecule has 0 unspecified atom stereocenters. The van der Waals surface area contributed by atoms with E-state index in [2.05, 4.69) is 5.32 Å². The van der Waals surface area contributed by atoms with Crippen LogP contribution in [0.5, 0.6) is 5.75 Å². The average Bonchev–Trinajstić information content (AvgIpc) is 2.61. The van der Waals surface area contributed by atoms with Gasteiger partial charge in [-0.2, -0.15) is 4.31 Å². The lowest BCUT2D eigenvalue weighted by atomic mass is 10.2. The number of ether oxygens (including phenoxy) is 1. The first kappa shape index (κ1) is 19.9. The van der Waals surface area contributed by atoms with Crippen LogP contribution in [0, 0.1) is 0 Å². The Labute approximate surface area is 154 Å². The molecule has 0 aliphatic rings. The van der Waals surface area contributed by atoms with Crippen molar-refractivity contribution in [2.75, 3.05) is 19.4 Å². The van der Waals surface area contributed by atoms with Crippen molar-refractivity contribution in [1.82, 2.24) is 9.62 Å². The molecule has 0 aromatic heterocycles. The first-order valence-electron chi connectivity index (χ1n) is 8.36. The number of rotatable bonds is 9. The van der Waals surface area contributed by atoms with Crippen molar-refractivity contribution in [3.05, 3.63) is 65.7 Å². The molecular formula is C19H24N2O4S. The highest BCUT2D eigenvalue weighted by Gasteiger charge is 2.20. The van der Waals surface area contributed by atoms with Gasteiger partial charge < -0.3 is 10.1 Å². The van der Waals surface area contributed by atoms with E-state index in [-0.39, 0.29) is 19.0 Å². The van der Waals surface area contributed by atoms with Crippen LogP contribution in [-0.2, 0) is 27.9 Å². The highest BCUT2D eigenvalue weighted by atomic mass is 32.2. The number of nitrogens with one attached hydrogen (secondary N) is 1. The molecule has 1 N–H and O–H groups in total. The summed E-state index contributed by atoms with van der Waals surface area (Å²) in [4.78, 5) is 12.2. The van der Waals surface area contributed by atoms with Gasteiger partial charge in [0.25, 0.3) is 0 Å². The van der Waals surface area contributed by atoms with Gasteiger partial charge in [0.15, 0.2) is 0 Å². The Morgan fingerprint density at radius 2 is 1.69 bits per heavy atom. The number of hydrogen-bond acceptors (Lipinski definition) is 4. The molecule has 2 aromatic carbocycles. The molecule has 0 saturated heterocycles. The Kier molecular flexibility index (Phi) is 7.17. The molecule has 0 aliphatic heterocycles. The maximum atomic E-state index is 12.2. The molecule has 0 radical (unpaired) electrons. The van der Waals surface area contributed by atoms with Crippen molar-refractivity contribution in [3.63, 3.8) is 0 Å². The highest BCUT2D eigenvalue weighted by molar-refractivity contribution is 7.88. The second-order valence-electron chi connectivity index (χ2n) is 5.87. The Morgan fingerprint density at radius 3 is 2.27 bits per heavy atom. The van der Waals surface area contributed by atoms with Crippen LogP contribution < -0.4 is 10.1 Å². The van der Waals surface area contributed by atoms with Crippen LogP contribution >= 0.6 is 0 Å². The molecular weight excluding hydrogens is 352 g/mol. The quantitative estimate of drug-likeness (QED) is 0.728. The van der Waals surface area contributed by atoms with Crippen LogP contribution in [0.4, 0.5) is 0 Å². The largest absolute Gasteiger partial charge is 0.494 e. The molecule has 2 rings (SSSR count). The number of carbonyl (C=O) groups excluding carboxylic acids is 1.